The van der Waals surface area contributed by atoms with Crippen LogP contribution in [0.15, 0.2) is 0 Å². The standard InChI is InChI=1S/4CHO.CH3.Co/c4*1-2;;/h4*1H;1H3;. The van der Waals surface area contributed by atoms with Gasteiger partial charge in [-0.25, -0.2) is 0 Å². The summed E-state index contributed by atoms with van der Waals surface area (Å²) in [4.78, 5) is 40.8. The molecule has 0 radical (unpaired) electrons. The summed E-state index contributed by atoms with van der Waals surface area (Å²) in [5.41, 5.74) is 0. The van der Waals surface area contributed by atoms with E-state index in [0.29, 0.717) is 0 Å². The van der Waals surface area contributed by atoms with Gasteiger partial charge in [0.05, 0.1) is 0 Å². The molecule has 0 aliphatic carbocycles. The first-order valence-corrected chi connectivity index (χ1v) is 5.49. The fourth-order valence-electron chi connectivity index (χ4n) is 0.111. The van der Waals surface area contributed by atoms with Crippen molar-refractivity contribution in [3.8, 4) is 0 Å². The van der Waals surface area contributed by atoms with Crippen LogP contribution in [0.1, 0.15) is 0 Å². The molecule has 4 nitrogen and oxygen atoms in total. The number of hydrogen-bond donors (Lipinski definition) is 0. The van der Waals surface area contributed by atoms with Crippen molar-refractivity contribution in [2.24, 2.45) is 0 Å². The first-order chi connectivity index (χ1) is 4.54. The molecule has 0 amide bonds. The Kier molecular flexibility index (Phi) is 2.23. The quantitative estimate of drug-likeness (QED) is 0.559. The Morgan fingerprint density at radius 1 is 0.800 bits per heavy atom. The molecule has 0 saturated carbocycles. The molecule has 0 N–H and O–H groups in total. The van der Waals surface area contributed by atoms with Crippen LogP contribution in [0.2, 0.25) is 5.86 Å². The third-order valence-corrected chi connectivity index (χ3v) is 3.54. The summed E-state index contributed by atoms with van der Waals surface area (Å²) in [6.07, 6.45) is 0. The first kappa shape index (κ1) is 9.19. The summed E-state index contributed by atoms with van der Waals surface area (Å²) < 4.78 is 0. The van der Waals surface area contributed by atoms with Crippen molar-refractivity contribution in [1.29, 1.82) is 0 Å². The van der Waals surface area contributed by atoms with Crippen LogP contribution in [-0.2, 0) is 30.8 Å². The van der Waals surface area contributed by atoms with Gasteiger partial charge in [0.15, 0.2) is 0 Å². The molecule has 0 bridgehead atoms. The van der Waals surface area contributed by atoms with Crippen molar-refractivity contribution in [3.63, 3.8) is 0 Å². The molecule has 0 atom stereocenters. The first-order valence-electron chi connectivity index (χ1n) is 2.05. The van der Waals surface area contributed by atoms with Gasteiger partial charge in [-0.15, -0.1) is 0 Å². The molecule has 0 unspecified atom stereocenters. The van der Waals surface area contributed by atoms with E-state index >= 15 is 0 Å². The Morgan fingerprint density at radius 2 is 1.00 bits per heavy atom. The molecule has 0 aliphatic rings. The molecule has 0 aromatic heterocycles. The average Bonchev–Trinajstić information content (AvgIpc) is 2.04. The van der Waals surface area contributed by atoms with Crippen LogP contribution in [0.4, 0.5) is 0 Å². The van der Waals surface area contributed by atoms with E-state index in [-0.39, 0.29) is 20.9 Å². The van der Waals surface area contributed by atoms with Gasteiger partial charge in [-0.3, -0.25) is 0 Å². The minimum atomic E-state index is -3.86. The third kappa shape index (κ3) is 1.19. The van der Waals surface area contributed by atoms with E-state index in [9.17, 15) is 19.2 Å². The Bertz CT molecular complexity index is 154. The zero-order valence-corrected chi connectivity index (χ0v) is 6.32. The zero-order valence-electron chi connectivity index (χ0n) is 5.28. The van der Waals surface area contributed by atoms with E-state index in [1.54, 1.807) is 0 Å². The Hall–Kier alpha value is -0.814. The fraction of sp³-hybridized carbons (Fsp3) is 0.200. The van der Waals surface area contributed by atoms with Gasteiger partial charge in [-0.1, -0.05) is 0 Å². The van der Waals surface area contributed by atoms with Gasteiger partial charge in [-0.05, 0) is 0 Å². The van der Waals surface area contributed by atoms with E-state index in [0.717, 1.165) is 5.86 Å². The molecule has 0 aliphatic heterocycles. The minimum absolute atomic E-state index is 0.150. The number of carbonyl (C=O) groups is 4. The Labute approximate surface area is 58.1 Å². The van der Waals surface area contributed by atoms with Crippen molar-refractivity contribution in [1.82, 2.24) is 0 Å². The van der Waals surface area contributed by atoms with Crippen molar-refractivity contribution in [3.05, 3.63) is 0 Å². The van der Waals surface area contributed by atoms with Gasteiger partial charge >= 0.3 is 57.5 Å². The van der Waals surface area contributed by atoms with E-state index in [4.69, 9.17) is 0 Å². The summed E-state index contributed by atoms with van der Waals surface area (Å²) in [7, 11) is 0. The Balaban J connectivity index is 5.16. The molecule has 0 saturated heterocycles. The van der Waals surface area contributed by atoms with Gasteiger partial charge in [-0.2, -0.15) is 0 Å². The van der Waals surface area contributed by atoms with Crippen LogP contribution in [0.3, 0.4) is 0 Å². The van der Waals surface area contributed by atoms with Crippen LogP contribution in [0.25, 0.3) is 0 Å². The second-order valence-corrected chi connectivity index (χ2v) is 7.22. The summed E-state index contributed by atoms with van der Waals surface area (Å²) in [5.74, 6) is 1.09. The predicted octanol–water partition coefficient (Wildman–Crippen LogP) is -0.515. The maximum absolute atomic E-state index is 10.2. The number of rotatable bonds is 4. The molecule has 0 rings (SSSR count). The Morgan fingerprint density at radius 3 is 1.00 bits per heavy atom. The molecule has 0 aromatic carbocycles. The summed E-state index contributed by atoms with van der Waals surface area (Å²) in [6, 6.07) is 0. The second-order valence-electron chi connectivity index (χ2n) is 1.75. The molecular formula is C5H7CoO4. The molecule has 10 heavy (non-hydrogen) atoms. The summed E-state index contributed by atoms with van der Waals surface area (Å²) in [6.45, 7) is 0. The van der Waals surface area contributed by atoms with E-state index in [2.05, 4.69) is 0 Å². The maximum atomic E-state index is 10.2. The molecule has 0 heterocycles. The van der Waals surface area contributed by atoms with E-state index in [1.165, 1.54) is 0 Å². The fourth-order valence-corrected chi connectivity index (χ4v) is 0.458. The molecule has 0 fully saturated rings. The molecule has 0 spiro atoms. The second kappa shape index (κ2) is 2.43. The van der Waals surface area contributed by atoms with Crippen molar-refractivity contribution in [2.75, 3.05) is 0 Å². The average molecular weight is 190 g/mol. The van der Waals surface area contributed by atoms with Crippen molar-refractivity contribution in [2.45, 2.75) is 5.86 Å². The van der Waals surface area contributed by atoms with Crippen molar-refractivity contribution < 1.29 is 30.8 Å². The van der Waals surface area contributed by atoms with Crippen LogP contribution >= 0.6 is 0 Å². The molecule has 60 valence electrons. The number of carbonyl (C=O) groups excluding carboxylic acids is 4. The van der Waals surface area contributed by atoms with Gasteiger partial charge in [0, 0.05) is 0 Å². The van der Waals surface area contributed by atoms with E-state index in [1.807, 2.05) is 0 Å². The van der Waals surface area contributed by atoms with Crippen LogP contribution in [-0.4, -0.2) is 20.9 Å². The zero-order chi connectivity index (χ0) is 8.28. The van der Waals surface area contributed by atoms with Crippen LogP contribution in [0, 0.1) is 0 Å². The molecule has 0 aromatic rings. The normalized spacial score (nSPS) is 14.3. The summed E-state index contributed by atoms with van der Waals surface area (Å²) in [5, 5.41) is 0.600. The monoisotopic (exact) mass is 190 g/mol. The van der Waals surface area contributed by atoms with Gasteiger partial charge in [0.1, 0.15) is 0 Å². The molecule has 5 heteroatoms. The predicted molar refractivity (Wildman–Crippen MR) is 32.9 cm³/mol. The topological polar surface area (TPSA) is 68.3 Å². The van der Waals surface area contributed by atoms with Gasteiger partial charge < -0.3 is 0 Å². The van der Waals surface area contributed by atoms with Crippen LogP contribution < -0.4 is 0 Å². The third-order valence-electron chi connectivity index (χ3n) is 0.859. The van der Waals surface area contributed by atoms with Crippen LogP contribution in [0.5, 0.6) is 0 Å². The summed E-state index contributed by atoms with van der Waals surface area (Å²) >= 11 is -3.86. The number of hydrogen-bond acceptors (Lipinski definition) is 4. The van der Waals surface area contributed by atoms with Gasteiger partial charge in [0.25, 0.3) is 0 Å². The molecular weight excluding hydrogens is 183 g/mol. The van der Waals surface area contributed by atoms with E-state index < -0.39 is 11.6 Å². The van der Waals surface area contributed by atoms with Crippen molar-refractivity contribution >= 4 is 20.9 Å². The van der Waals surface area contributed by atoms with Gasteiger partial charge in [0.2, 0.25) is 0 Å². The SMILES string of the molecule is [CH3][Co]([CH]=O)([CH]=O)([CH]=O)[CH]=O.